The van der Waals surface area contributed by atoms with Crippen LogP contribution in [0.15, 0.2) is 12.1 Å². The monoisotopic (exact) mass is 213 g/mol. The number of amides is 1. The summed E-state index contributed by atoms with van der Waals surface area (Å²) < 4.78 is 0. The maximum Gasteiger partial charge on any atom is 0.411 e. The molecule has 1 aromatic rings. The van der Waals surface area contributed by atoms with Gasteiger partial charge in [-0.1, -0.05) is 11.6 Å². The Bertz CT molecular complexity index is 377. The van der Waals surface area contributed by atoms with E-state index in [1.807, 2.05) is 13.8 Å². The van der Waals surface area contributed by atoms with Crippen LogP contribution in [0, 0.1) is 13.8 Å². The van der Waals surface area contributed by atoms with Gasteiger partial charge >= 0.3 is 6.09 Å². The molecule has 0 fully saturated rings. The van der Waals surface area contributed by atoms with Crippen LogP contribution in [0.2, 0.25) is 5.02 Å². The molecule has 1 N–H and O–H groups in total. The molecule has 0 aromatic heterocycles. The SMILES string of the molecule is Cc1cc(Cl)c(N(C)C(=O)O)cc1C. The third kappa shape index (κ3) is 1.99. The highest BCUT2D eigenvalue weighted by atomic mass is 35.5. The molecule has 0 atom stereocenters. The first-order valence-corrected chi connectivity index (χ1v) is 4.54. The topological polar surface area (TPSA) is 40.5 Å². The van der Waals surface area contributed by atoms with Crippen LogP contribution in [0.25, 0.3) is 0 Å². The van der Waals surface area contributed by atoms with Crippen molar-refractivity contribution in [2.45, 2.75) is 13.8 Å². The number of carbonyl (C=O) groups is 1. The second-order valence-corrected chi connectivity index (χ2v) is 3.64. The van der Waals surface area contributed by atoms with E-state index >= 15 is 0 Å². The molecule has 0 unspecified atom stereocenters. The van der Waals surface area contributed by atoms with Crippen LogP contribution in [0.1, 0.15) is 11.1 Å². The highest BCUT2D eigenvalue weighted by Gasteiger charge is 2.13. The van der Waals surface area contributed by atoms with Gasteiger partial charge in [-0.3, -0.25) is 4.90 Å². The average molecular weight is 214 g/mol. The fourth-order valence-electron chi connectivity index (χ4n) is 1.13. The zero-order valence-corrected chi connectivity index (χ0v) is 9.09. The molecule has 0 saturated carbocycles. The van der Waals surface area contributed by atoms with E-state index in [0.29, 0.717) is 10.7 Å². The third-order valence-corrected chi connectivity index (χ3v) is 2.51. The fraction of sp³-hybridized carbons (Fsp3) is 0.300. The second-order valence-electron chi connectivity index (χ2n) is 3.23. The van der Waals surface area contributed by atoms with Crippen LogP contribution in [0.3, 0.4) is 0 Å². The van der Waals surface area contributed by atoms with E-state index in [1.165, 1.54) is 7.05 Å². The van der Waals surface area contributed by atoms with Crippen LogP contribution < -0.4 is 4.90 Å². The Hall–Kier alpha value is -1.22. The number of halogens is 1. The number of anilines is 1. The summed E-state index contributed by atoms with van der Waals surface area (Å²) in [6.07, 6.45) is -1.02. The predicted molar refractivity (Wildman–Crippen MR) is 57.4 cm³/mol. The second kappa shape index (κ2) is 3.88. The van der Waals surface area contributed by atoms with Crippen LogP contribution in [-0.4, -0.2) is 18.2 Å². The van der Waals surface area contributed by atoms with Crippen molar-refractivity contribution in [3.63, 3.8) is 0 Å². The quantitative estimate of drug-likeness (QED) is 0.779. The standard InChI is InChI=1S/C10H12ClNO2/c1-6-4-8(11)9(5-7(6)2)12(3)10(13)14/h4-5H,1-3H3,(H,13,14). The molecule has 0 saturated heterocycles. The molecule has 3 nitrogen and oxygen atoms in total. The first-order chi connectivity index (χ1) is 6.43. The van der Waals surface area contributed by atoms with E-state index in [9.17, 15) is 4.79 Å². The number of hydrogen-bond donors (Lipinski definition) is 1. The van der Waals surface area contributed by atoms with Gasteiger partial charge in [0.15, 0.2) is 0 Å². The van der Waals surface area contributed by atoms with Gasteiger partial charge in [-0.15, -0.1) is 0 Å². The number of hydrogen-bond acceptors (Lipinski definition) is 1. The van der Waals surface area contributed by atoms with Crippen molar-refractivity contribution in [2.24, 2.45) is 0 Å². The molecule has 1 rings (SSSR count). The Kier molecular flexibility index (Phi) is 3.01. The van der Waals surface area contributed by atoms with Crippen LogP contribution >= 0.6 is 11.6 Å². The molecule has 0 aliphatic carbocycles. The molecule has 0 spiro atoms. The molecule has 14 heavy (non-hydrogen) atoms. The van der Waals surface area contributed by atoms with Crippen LogP contribution in [0.4, 0.5) is 10.5 Å². The summed E-state index contributed by atoms with van der Waals surface area (Å²) in [6.45, 7) is 3.86. The summed E-state index contributed by atoms with van der Waals surface area (Å²) in [5.74, 6) is 0. The number of nitrogens with zero attached hydrogens (tertiary/aromatic N) is 1. The van der Waals surface area contributed by atoms with Gasteiger partial charge < -0.3 is 5.11 Å². The molecule has 4 heteroatoms. The molecular formula is C10H12ClNO2. The molecule has 1 amide bonds. The Morgan fingerprint density at radius 3 is 2.36 bits per heavy atom. The van der Waals surface area contributed by atoms with Crippen LogP contribution in [-0.2, 0) is 0 Å². The van der Waals surface area contributed by atoms with Crippen molar-refractivity contribution in [3.8, 4) is 0 Å². The first-order valence-electron chi connectivity index (χ1n) is 4.17. The van der Waals surface area contributed by atoms with Gasteiger partial charge in [0.25, 0.3) is 0 Å². The van der Waals surface area contributed by atoms with E-state index in [1.54, 1.807) is 12.1 Å². The summed E-state index contributed by atoms with van der Waals surface area (Å²) in [4.78, 5) is 11.8. The minimum absolute atomic E-state index is 0.456. The van der Waals surface area contributed by atoms with Gasteiger partial charge in [0.2, 0.25) is 0 Å². The average Bonchev–Trinajstić information content (AvgIpc) is 2.10. The number of aryl methyl sites for hydroxylation is 2. The summed E-state index contributed by atoms with van der Waals surface area (Å²) in [7, 11) is 1.47. The van der Waals surface area contributed by atoms with Gasteiger partial charge in [0.1, 0.15) is 0 Å². The van der Waals surface area contributed by atoms with Gasteiger partial charge in [0.05, 0.1) is 10.7 Å². The largest absolute Gasteiger partial charge is 0.465 e. The smallest absolute Gasteiger partial charge is 0.411 e. The highest BCUT2D eigenvalue weighted by Crippen LogP contribution is 2.28. The third-order valence-electron chi connectivity index (χ3n) is 2.21. The zero-order chi connectivity index (χ0) is 10.9. The van der Waals surface area contributed by atoms with E-state index < -0.39 is 6.09 Å². The minimum atomic E-state index is -1.02. The molecule has 76 valence electrons. The van der Waals surface area contributed by atoms with Gasteiger partial charge in [0, 0.05) is 7.05 Å². The van der Waals surface area contributed by atoms with Crippen molar-refractivity contribution >= 4 is 23.4 Å². The van der Waals surface area contributed by atoms with E-state index in [4.69, 9.17) is 16.7 Å². The van der Waals surface area contributed by atoms with E-state index in [2.05, 4.69) is 0 Å². The van der Waals surface area contributed by atoms with Gasteiger partial charge in [-0.25, -0.2) is 4.79 Å². The van der Waals surface area contributed by atoms with Crippen molar-refractivity contribution in [1.82, 2.24) is 0 Å². The van der Waals surface area contributed by atoms with E-state index in [-0.39, 0.29) is 0 Å². The van der Waals surface area contributed by atoms with Gasteiger partial charge in [-0.2, -0.15) is 0 Å². The minimum Gasteiger partial charge on any atom is -0.465 e. The van der Waals surface area contributed by atoms with E-state index in [0.717, 1.165) is 16.0 Å². The lowest BCUT2D eigenvalue weighted by Gasteiger charge is -2.16. The lowest BCUT2D eigenvalue weighted by molar-refractivity contribution is 0.203. The molecule has 0 heterocycles. The lowest BCUT2D eigenvalue weighted by atomic mass is 10.1. The molecule has 0 bridgehead atoms. The van der Waals surface area contributed by atoms with Crippen molar-refractivity contribution in [3.05, 3.63) is 28.3 Å². The summed E-state index contributed by atoms with van der Waals surface area (Å²) in [5.41, 5.74) is 2.59. The summed E-state index contributed by atoms with van der Waals surface area (Å²) >= 11 is 5.94. The molecule has 1 aromatic carbocycles. The number of rotatable bonds is 1. The Labute approximate surface area is 87.9 Å². The van der Waals surface area contributed by atoms with Gasteiger partial charge in [-0.05, 0) is 37.1 Å². The van der Waals surface area contributed by atoms with Crippen LogP contribution in [0.5, 0.6) is 0 Å². The zero-order valence-electron chi connectivity index (χ0n) is 8.34. The summed E-state index contributed by atoms with van der Waals surface area (Å²) in [6, 6.07) is 3.54. The molecule has 0 aliphatic rings. The Balaban J connectivity index is 3.22. The normalized spacial score (nSPS) is 10.0. The predicted octanol–water partition coefficient (Wildman–Crippen LogP) is 3.07. The van der Waals surface area contributed by atoms with Crippen molar-refractivity contribution in [1.29, 1.82) is 0 Å². The summed E-state index contributed by atoms with van der Waals surface area (Å²) in [5, 5.41) is 9.24. The van der Waals surface area contributed by atoms with Crippen molar-refractivity contribution in [2.75, 3.05) is 11.9 Å². The lowest BCUT2D eigenvalue weighted by Crippen LogP contribution is -2.24. The molecular weight excluding hydrogens is 202 g/mol. The molecule has 0 aliphatic heterocycles. The van der Waals surface area contributed by atoms with Crippen molar-refractivity contribution < 1.29 is 9.90 Å². The number of benzene rings is 1. The molecule has 0 radical (unpaired) electrons. The highest BCUT2D eigenvalue weighted by molar-refractivity contribution is 6.33. The maximum absolute atomic E-state index is 10.7. The Morgan fingerprint density at radius 1 is 1.36 bits per heavy atom. The first kappa shape index (κ1) is 10.9. The fourth-order valence-corrected chi connectivity index (χ4v) is 1.47. The maximum atomic E-state index is 10.7. The Morgan fingerprint density at radius 2 is 1.86 bits per heavy atom. The number of carboxylic acid groups (broad SMARTS) is 1.